The highest BCUT2D eigenvalue weighted by atomic mass is 15.3. The summed E-state index contributed by atoms with van der Waals surface area (Å²) >= 11 is 0. The van der Waals surface area contributed by atoms with Crippen LogP contribution in [0.5, 0.6) is 0 Å². The van der Waals surface area contributed by atoms with E-state index in [0.717, 1.165) is 34.2 Å². The topological polar surface area (TPSA) is 77.2 Å². The molecule has 1 aromatic carbocycles. The van der Waals surface area contributed by atoms with Gasteiger partial charge in [0.1, 0.15) is 17.8 Å². The first-order valence-corrected chi connectivity index (χ1v) is 9.21. The number of aryl methyl sites for hydroxylation is 2. The molecule has 0 saturated heterocycles. The molecule has 3 heterocycles. The number of hydrogen-bond acceptors (Lipinski definition) is 4. The summed E-state index contributed by atoms with van der Waals surface area (Å²) in [5, 5.41) is 11.9. The number of hydrogen-bond donors (Lipinski definition) is 1. The number of aromatic amines is 1. The first-order valence-electron chi connectivity index (χ1n) is 9.21. The Morgan fingerprint density at radius 1 is 1.15 bits per heavy atom. The van der Waals surface area contributed by atoms with E-state index in [1.54, 1.807) is 6.33 Å². The molecule has 1 aliphatic rings. The Labute approximate surface area is 157 Å². The maximum absolute atomic E-state index is 4.79. The van der Waals surface area contributed by atoms with Gasteiger partial charge in [-0.15, -0.1) is 0 Å². The summed E-state index contributed by atoms with van der Waals surface area (Å²) in [5.74, 6) is 1.51. The van der Waals surface area contributed by atoms with Crippen LogP contribution in [0.4, 0.5) is 0 Å². The van der Waals surface area contributed by atoms with Crippen LogP contribution in [0.15, 0.2) is 49.1 Å². The molecule has 7 nitrogen and oxygen atoms in total. The Morgan fingerprint density at radius 2 is 1.96 bits per heavy atom. The summed E-state index contributed by atoms with van der Waals surface area (Å²) in [6, 6.07) is 12.4. The number of rotatable bonds is 5. The molecule has 1 saturated carbocycles. The standard InChI is InChI=1S/C20H21N7/c1-13-10-16(25-24-13)19-17(14-6-4-3-5-7-14)22-12-27(19)18(15-8-9-15)20-21-11-23-26(20)2/h3-7,10-12,15,18H,8-9H2,1-2H3,(H,24,25)/t18-/m1/s1. The minimum Gasteiger partial charge on any atom is -0.318 e. The van der Waals surface area contributed by atoms with Crippen LogP contribution in [0, 0.1) is 12.8 Å². The van der Waals surface area contributed by atoms with Gasteiger partial charge >= 0.3 is 0 Å². The molecule has 1 aliphatic carbocycles. The van der Waals surface area contributed by atoms with Crippen molar-refractivity contribution >= 4 is 0 Å². The molecule has 0 aliphatic heterocycles. The second-order valence-corrected chi connectivity index (χ2v) is 7.18. The molecule has 27 heavy (non-hydrogen) atoms. The highest BCUT2D eigenvalue weighted by molar-refractivity contribution is 5.77. The van der Waals surface area contributed by atoms with Crippen LogP contribution < -0.4 is 0 Å². The van der Waals surface area contributed by atoms with E-state index < -0.39 is 0 Å². The maximum Gasteiger partial charge on any atom is 0.150 e. The summed E-state index contributed by atoms with van der Waals surface area (Å²) in [5.41, 5.74) is 4.97. The van der Waals surface area contributed by atoms with Crippen LogP contribution in [0.25, 0.3) is 22.6 Å². The Bertz CT molecular complexity index is 1070. The van der Waals surface area contributed by atoms with Gasteiger partial charge in [-0.3, -0.25) is 9.78 Å². The third-order valence-electron chi connectivity index (χ3n) is 5.17. The highest BCUT2D eigenvalue weighted by Gasteiger charge is 2.38. The summed E-state index contributed by atoms with van der Waals surface area (Å²) in [6.45, 7) is 2.01. The molecule has 0 bridgehead atoms. The van der Waals surface area contributed by atoms with Gasteiger partial charge in [-0.05, 0) is 31.7 Å². The smallest absolute Gasteiger partial charge is 0.150 e. The largest absolute Gasteiger partial charge is 0.318 e. The van der Waals surface area contributed by atoms with Crippen LogP contribution in [0.1, 0.15) is 30.4 Å². The second kappa shape index (κ2) is 6.19. The first kappa shape index (κ1) is 16.0. The molecule has 3 aromatic heterocycles. The lowest BCUT2D eigenvalue weighted by Gasteiger charge is -2.20. The zero-order chi connectivity index (χ0) is 18.4. The lowest BCUT2D eigenvalue weighted by Crippen LogP contribution is -2.18. The van der Waals surface area contributed by atoms with Gasteiger partial charge < -0.3 is 4.57 Å². The van der Waals surface area contributed by atoms with Crippen LogP contribution >= 0.6 is 0 Å². The lowest BCUT2D eigenvalue weighted by molar-refractivity contribution is 0.472. The molecule has 5 rings (SSSR count). The Kier molecular flexibility index (Phi) is 3.67. The van der Waals surface area contributed by atoms with E-state index in [1.165, 1.54) is 12.8 Å². The van der Waals surface area contributed by atoms with Crippen molar-refractivity contribution < 1.29 is 0 Å². The summed E-state index contributed by atoms with van der Waals surface area (Å²) in [4.78, 5) is 9.35. The number of imidazole rings is 1. The normalized spacial score (nSPS) is 15.2. The fourth-order valence-corrected chi connectivity index (χ4v) is 3.72. The first-order chi connectivity index (χ1) is 13.2. The zero-order valence-corrected chi connectivity index (χ0v) is 15.4. The Hall–Kier alpha value is -3.22. The van der Waals surface area contributed by atoms with Crippen LogP contribution in [0.3, 0.4) is 0 Å². The van der Waals surface area contributed by atoms with Gasteiger partial charge in [0.05, 0.1) is 23.8 Å². The Balaban J connectivity index is 1.73. The molecule has 4 aromatic rings. The SMILES string of the molecule is Cc1cc(-c2c(-c3ccccc3)ncn2[C@@H](c2ncnn2C)C2CC2)n[nH]1. The molecule has 1 atom stereocenters. The number of aromatic nitrogens is 7. The number of nitrogens with one attached hydrogen (secondary N) is 1. The molecular weight excluding hydrogens is 338 g/mol. The quantitative estimate of drug-likeness (QED) is 0.593. The average molecular weight is 359 g/mol. The van der Waals surface area contributed by atoms with Gasteiger partial charge in [-0.2, -0.15) is 10.2 Å². The van der Waals surface area contributed by atoms with Crippen LogP contribution in [-0.2, 0) is 7.05 Å². The van der Waals surface area contributed by atoms with Crippen molar-refractivity contribution in [1.82, 2.24) is 34.5 Å². The van der Waals surface area contributed by atoms with Crippen molar-refractivity contribution in [2.75, 3.05) is 0 Å². The minimum absolute atomic E-state index is 0.106. The van der Waals surface area contributed by atoms with Crippen LogP contribution in [0.2, 0.25) is 0 Å². The van der Waals surface area contributed by atoms with Crippen LogP contribution in [-0.4, -0.2) is 34.5 Å². The molecular formula is C20H21N7. The highest BCUT2D eigenvalue weighted by Crippen LogP contribution is 2.45. The average Bonchev–Trinajstić information content (AvgIpc) is 3.06. The van der Waals surface area contributed by atoms with Gasteiger partial charge in [0, 0.05) is 18.3 Å². The number of benzene rings is 1. The summed E-state index contributed by atoms with van der Waals surface area (Å²) < 4.78 is 4.10. The van der Waals surface area contributed by atoms with E-state index in [4.69, 9.17) is 4.98 Å². The van der Waals surface area contributed by atoms with Crippen molar-refractivity contribution in [2.24, 2.45) is 13.0 Å². The zero-order valence-electron chi connectivity index (χ0n) is 15.4. The molecule has 7 heteroatoms. The van der Waals surface area contributed by atoms with Gasteiger partial charge in [-0.1, -0.05) is 30.3 Å². The van der Waals surface area contributed by atoms with E-state index in [9.17, 15) is 0 Å². The summed E-state index contributed by atoms with van der Waals surface area (Å²) in [6.07, 6.45) is 5.93. The van der Waals surface area contributed by atoms with Gasteiger partial charge in [0.2, 0.25) is 0 Å². The molecule has 0 amide bonds. The third kappa shape index (κ3) is 2.75. The van der Waals surface area contributed by atoms with Crippen molar-refractivity contribution in [3.63, 3.8) is 0 Å². The molecule has 136 valence electrons. The Morgan fingerprint density at radius 3 is 2.59 bits per heavy atom. The molecule has 1 N–H and O–H groups in total. The number of nitrogens with zero attached hydrogens (tertiary/aromatic N) is 6. The fraction of sp³-hybridized carbons (Fsp3) is 0.300. The molecule has 0 radical (unpaired) electrons. The monoisotopic (exact) mass is 359 g/mol. The van der Waals surface area contributed by atoms with Gasteiger partial charge in [0.15, 0.2) is 0 Å². The van der Waals surface area contributed by atoms with Crippen molar-refractivity contribution in [3.05, 3.63) is 60.6 Å². The minimum atomic E-state index is 0.106. The number of H-pyrrole nitrogens is 1. The van der Waals surface area contributed by atoms with E-state index in [1.807, 2.05) is 43.2 Å². The summed E-state index contributed by atoms with van der Waals surface area (Å²) in [7, 11) is 1.95. The van der Waals surface area contributed by atoms with E-state index in [0.29, 0.717) is 5.92 Å². The molecule has 0 spiro atoms. The van der Waals surface area contributed by atoms with Crippen molar-refractivity contribution in [1.29, 1.82) is 0 Å². The van der Waals surface area contributed by atoms with Crippen molar-refractivity contribution in [3.8, 4) is 22.6 Å². The fourth-order valence-electron chi connectivity index (χ4n) is 3.72. The van der Waals surface area contributed by atoms with Crippen molar-refractivity contribution in [2.45, 2.75) is 25.8 Å². The molecule has 1 fully saturated rings. The van der Waals surface area contributed by atoms with Gasteiger partial charge in [0.25, 0.3) is 0 Å². The van der Waals surface area contributed by atoms with E-state index >= 15 is 0 Å². The maximum atomic E-state index is 4.79. The van der Waals surface area contributed by atoms with E-state index in [2.05, 4.69) is 43.0 Å². The second-order valence-electron chi connectivity index (χ2n) is 7.18. The third-order valence-corrected chi connectivity index (χ3v) is 5.17. The predicted octanol–water partition coefficient (Wildman–Crippen LogP) is 3.38. The molecule has 0 unspecified atom stereocenters. The lowest BCUT2D eigenvalue weighted by atomic mass is 10.1. The predicted molar refractivity (Wildman–Crippen MR) is 102 cm³/mol. The van der Waals surface area contributed by atoms with E-state index in [-0.39, 0.29) is 6.04 Å². The van der Waals surface area contributed by atoms with Gasteiger partial charge in [-0.25, -0.2) is 9.97 Å².